The molecule has 0 aliphatic rings. The lowest BCUT2D eigenvalue weighted by atomic mass is 9.89. The normalized spacial score (nSPS) is 12.3. The summed E-state index contributed by atoms with van der Waals surface area (Å²) in [6.45, 7) is 4.26. The number of carboxylic acids is 4. The molecule has 0 unspecified atom stereocenters. The number of rotatable bonds is 94. The summed E-state index contributed by atoms with van der Waals surface area (Å²) in [5.41, 5.74) is 7.29. The topological polar surface area (TPSA) is 585 Å². The number of carbonyl (C=O) groups is 16. The van der Waals surface area contributed by atoms with E-state index in [2.05, 4.69) is 47.2 Å². The van der Waals surface area contributed by atoms with Crippen molar-refractivity contribution in [3.63, 3.8) is 0 Å². The van der Waals surface area contributed by atoms with Gasteiger partial charge >= 0.3 is 23.9 Å². The van der Waals surface area contributed by atoms with Gasteiger partial charge in [0.15, 0.2) is 11.6 Å². The molecule has 0 fully saturated rings. The first-order chi connectivity index (χ1) is 65.7. The molecular formula is C96H150N10O30. The van der Waals surface area contributed by atoms with Gasteiger partial charge in [-0.1, -0.05) is 70.6 Å². The van der Waals surface area contributed by atoms with Crippen LogP contribution in [-0.2, 0) is 111 Å². The fourth-order valence-corrected chi connectivity index (χ4v) is 13.8. The fourth-order valence-electron chi connectivity index (χ4n) is 13.8. The van der Waals surface area contributed by atoms with Gasteiger partial charge in [0.25, 0.3) is 0 Å². The van der Waals surface area contributed by atoms with E-state index in [1.165, 1.54) is 37.5 Å². The van der Waals surface area contributed by atoms with Gasteiger partial charge in [-0.25, -0.2) is 19.4 Å². The van der Waals surface area contributed by atoms with E-state index in [1.54, 1.807) is 30.5 Å². The van der Waals surface area contributed by atoms with Gasteiger partial charge in [-0.3, -0.25) is 62.3 Å². The molecule has 0 bridgehead atoms. The lowest BCUT2D eigenvalue weighted by Gasteiger charge is -2.21. The number of hydrogen-bond acceptors (Lipinski definition) is 30. The van der Waals surface area contributed by atoms with Gasteiger partial charge in [0.1, 0.15) is 72.9 Å². The molecule has 0 aliphatic carbocycles. The summed E-state index contributed by atoms with van der Waals surface area (Å²) in [5, 5.41) is 56.8. The second-order valence-corrected chi connectivity index (χ2v) is 33.2. The number of unbranched alkanes of at least 4 members (excludes halogenated alkanes) is 14. The zero-order valence-electron chi connectivity index (χ0n) is 79.3. The molecule has 2 aromatic carbocycles. The summed E-state index contributed by atoms with van der Waals surface area (Å²) in [6.07, 6.45) is 20.1. The molecular weight excluding hydrogens is 1770 g/mol. The van der Waals surface area contributed by atoms with Crippen LogP contribution in [0.3, 0.4) is 0 Å². The largest absolute Gasteiger partial charge is 0.494 e. The number of aromatic nitrogens is 2. The molecule has 1 aromatic heterocycles. The molecule has 764 valence electrons. The molecule has 5 atom stereocenters. The number of aromatic carboxylic acids is 2. The Morgan fingerprint density at radius 2 is 0.816 bits per heavy atom. The number of aromatic amines is 1. The maximum absolute atomic E-state index is 14.0. The van der Waals surface area contributed by atoms with Crippen LogP contribution >= 0.6 is 0 Å². The molecule has 0 aliphatic heterocycles. The van der Waals surface area contributed by atoms with Crippen LogP contribution in [-0.4, -0.2) is 307 Å². The summed E-state index contributed by atoms with van der Waals surface area (Å²) in [6, 6.07) is 9.69. The smallest absolute Gasteiger partial charge is 0.335 e. The Morgan fingerprint density at radius 3 is 1.32 bits per heavy atom. The minimum atomic E-state index is -1.21. The molecule has 136 heavy (non-hydrogen) atoms. The standard InChI is InChI=1S/C96H150N10O30/c1-71(107)62-98-64-86(112)72(22-14-16-42-100-90(116)68-134-59-55-130-51-45-103-92(118)69-133-58-52-127-46-20-24-77(108)34-39-84(96(125)126)106-89(115)27-13-9-5-3-7-11-19-49-136-81-37-30-74(31-38-81)94(121)122)32-40-85(111)83(104-65-87(113)82(97)61-76-63-99-70-105-76)26-15-17-43-101-91(117)67-132-57-53-128-47-21-25-79(110)66-131-56-54-129-50-44-102-88(114)41-33-75(95(123)124)60-78(109)23-12-8-4-2-6-10-18-48-135-80-35-28-73(29-36-80)93(119)120/h28-31,35-38,63,70,72,75,82-84,98,104H,2-27,32-34,39-62,64-69,97H2,1H3,(H,99,105)(H,100,116)(H,101,117)(H,102,114)(H,103,118)(H,106,115)(H,119,120)(H,121,122)(H,123,124)(H,125,126)/t72-,75+,82-,83-,84+/m0/s1. The number of aliphatic carboxylic acids is 2. The van der Waals surface area contributed by atoms with E-state index < -0.39 is 53.8 Å². The van der Waals surface area contributed by atoms with Crippen LogP contribution < -0.4 is 52.4 Å². The van der Waals surface area contributed by atoms with Crippen molar-refractivity contribution in [2.24, 2.45) is 17.6 Å². The van der Waals surface area contributed by atoms with E-state index in [-0.39, 0.29) is 310 Å². The van der Waals surface area contributed by atoms with Crippen LogP contribution in [0.1, 0.15) is 245 Å². The summed E-state index contributed by atoms with van der Waals surface area (Å²) < 4.78 is 55.0. The maximum Gasteiger partial charge on any atom is 0.335 e. The fraction of sp³-hybridized carbons (Fsp3) is 0.677. The van der Waals surface area contributed by atoms with Crippen LogP contribution in [0.4, 0.5) is 0 Å². The van der Waals surface area contributed by atoms with Crippen molar-refractivity contribution in [1.82, 2.24) is 47.2 Å². The molecule has 3 aromatic rings. The Balaban J connectivity index is 1.19. The number of H-pyrrole nitrogens is 1. The van der Waals surface area contributed by atoms with Gasteiger partial charge in [0, 0.05) is 115 Å². The number of nitrogens with one attached hydrogen (secondary N) is 8. The van der Waals surface area contributed by atoms with Crippen molar-refractivity contribution in [2.45, 2.75) is 243 Å². The molecule has 0 spiro atoms. The van der Waals surface area contributed by atoms with Gasteiger partial charge in [-0.05, 0) is 145 Å². The molecule has 5 amide bonds. The number of benzene rings is 2. The van der Waals surface area contributed by atoms with Crippen molar-refractivity contribution in [3.8, 4) is 11.5 Å². The highest BCUT2D eigenvalue weighted by atomic mass is 16.5. The second kappa shape index (κ2) is 78.7. The van der Waals surface area contributed by atoms with Crippen molar-refractivity contribution in [2.75, 3.05) is 165 Å². The molecule has 1 heterocycles. The predicted molar refractivity (Wildman–Crippen MR) is 499 cm³/mol. The average molecular weight is 1920 g/mol. The highest BCUT2D eigenvalue weighted by Crippen LogP contribution is 2.22. The Labute approximate surface area is 797 Å². The van der Waals surface area contributed by atoms with E-state index in [9.17, 15) is 86.9 Å². The Morgan fingerprint density at radius 1 is 0.360 bits per heavy atom. The van der Waals surface area contributed by atoms with Crippen LogP contribution in [0.5, 0.6) is 11.5 Å². The second-order valence-electron chi connectivity index (χ2n) is 33.2. The number of amides is 5. The lowest BCUT2D eigenvalue weighted by Crippen LogP contribution is -2.45. The molecule has 40 heteroatoms. The van der Waals surface area contributed by atoms with Crippen molar-refractivity contribution < 1.29 is 145 Å². The minimum Gasteiger partial charge on any atom is -0.494 e. The number of carbonyl (C=O) groups excluding carboxylic acids is 12. The number of Topliss-reactive ketones (excluding diaryl/α,β-unsaturated/α-hetero) is 7. The molecule has 0 saturated heterocycles. The minimum absolute atomic E-state index is 0.0110. The lowest BCUT2D eigenvalue weighted by molar-refractivity contribution is -0.144. The first-order valence-electron chi connectivity index (χ1n) is 47.8. The molecule has 3 rings (SSSR count). The average Bonchev–Trinajstić information content (AvgIpc) is 1.25. The van der Waals surface area contributed by atoms with E-state index in [0.717, 1.165) is 77.0 Å². The summed E-state index contributed by atoms with van der Waals surface area (Å²) in [4.78, 5) is 205. The van der Waals surface area contributed by atoms with Crippen molar-refractivity contribution in [1.29, 1.82) is 0 Å². The van der Waals surface area contributed by atoms with Crippen LogP contribution in [0.15, 0.2) is 61.1 Å². The summed E-state index contributed by atoms with van der Waals surface area (Å²) in [5.74, 6) is -7.78. The van der Waals surface area contributed by atoms with Crippen molar-refractivity contribution >= 4 is 93.9 Å². The number of nitrogens with zero attached hydrogens (tertiary/aromatic N) is 1. The summed E-state index contributed by atoms with van der Waals surface area (Å²) >= 11 is 0. The third-order valence-electron chi connectivity index (χ3n) is 21.6. The highest BCUT2D eigenvalue weighted by Gasteiger charge is 2.28. The van der Waals surface area contributed by atoms with Gasteiger partial charge in [-0.2, -0.15) is 0 Å². The number of ether oxygens (including phenoxy) is 10. The van der Waals surface area contributed by atoms with E-state index in [4.69, 9.17) is 63.3 Å². The Kier molecular flexibility index (Phi) is 69.4. The van der Waals surface area contributed by atoms with Crippen molar-refractivity contribution in [3.05, 3.63) is 77.9 Å². The number of ketones is 7. The number of carboxylic acid groups (broad SMARTS) is 4. The Bertz CT molecular complexity index is 3910. The quantitative estimate of drug-likeness (QED) is 0.0260. The highest BCUT2D eigenvalue weighted by molar-refractivity contribution is 5.91. The van der Waals surface area contributed by atoms with E-state index >= 15 is 0 Å². The Hall–Kier alpha value is -10.3. The van der Waals surface area contributed by atoms with Gasteiger partial charge < -0.3 is 116 Å². The first kappa shape index (κ1) is 120. The number of nitrogens with two attached hydrogens (primary N) is 1. The predicted octanol–water partition coefficient (Wildman–Crippen LogP) is 6.74. The van der Waals surface area contributed by atoms with Crippen LogP contribution in [0, 0.1) is 11.8 Å². The molecule has 0 saturated carbocycles. The first-order valence-corrected chi connectivity index (χ1v) is 47.8. The molecule has 0 radical (unpaired) electrons. The molecule has 14 N–H and O–H groups in total. The maximum atomic E-state index is 14.0. The third-order valence-corrected chi connectivity index (χ3v) is 21.6. The van der Waals surface area contributed by atoms with Gasteiger partial charge in [-0.15, -0.1) is 0 Å². The summed E-state index contributed by atoms with van der Waals surface area (Å²) in [7, 11) is 0. The molecule has 40 nitrogen and oxygen atoms in total. The SMILES string of the molecule is CC(=O)CNCC(=O)[C@@H](CCCCNC(=O)COCCOCCNC(=O)COCCOCCCC(=O)CC[C@@H](NC(=O)CCCCCCCCCOc1ccc(C(=O)O)cc1)C(=O)O)CCC(=O)[C@H](CCCCNC(=O)COCCOCCCC(=O)COCCOCCNC(=O)CC[C@H](CC(=O)CCCCCCCCCOc1ccc(C(=O)O)cc1)C(=O)O)NCC(=O)[C@@H](N)Cc1cnc[nH]1. The zero-order valence-corrected chi connectivity index (χ0v) is 79.3. The van der Waals surface area contributed by atoms with E-state index in [1.807, 2.05) is 0 Å². The zero-order chi connectivity index (χ0) is 99.2. The van der Waals surface area contributed by atoms with Crippen LogP contribution in [0.2, 0.25) is 0 Å². The third kappa shape index (κ3) is 65.5. The van der Waals surface area contributed by atoms with Gasteiger partial charge in [0.2, 0.25) is 29.5 Å². The number of hydrogen-bond donors (Lipinski definition) is 13. The number of imidazole rings is 1. The van der Waals surface area contributed by atoms with Gasteiger partial charge in [0.05, 0.1) is 134 Å². The van der Waals surface area contributed by atoms with Crippen LogP contribution in [0.25, 0.3) is 0 Å². The monoisotopic (exact) mass is 1920 g/mol. The van der Waals surface area contributed by atoms with E-state index in [0.29, 0.717) is 94.6 Å².